The zero-order valence-electron chi connectivity index (χ0n) is 10.6. The average molecular weight is 273 g/mol. The molecule has 0 radical (unpaired) electrons. The normalized spacial score (nSPS) is 10.8. The molecule has 19 heavy (non-hydrogen) atoms. The van der Waals surface area contributed by atoms with Gasteiger partial charge in [-0.3, -0.25) is 0 Å². The Labute approximate surface area is 116 Å². The summed E-state index contributed by atoms with van der Waals surface area (Å²) < 4.78 is 0. The van der Waals surface area contributed by atoms with Crippen molar-refractivity contribution >= 4 is 29.1 Å². The second kappa shape index (κ2) is 6.20. The molecule has 0 bridgehead atoms. The maximum atomic E-state index is 10.6. The second-order valence-electron chi connectivity index (χ2n) is 4.16. The van der Waals surface area contributed by atoms with Crippen LogP contribution in [0, 0.1) is 0 Å². The summed E-state index contributed by atoms with van der Waals surface area (Å²) >= 11 is 1.64. The highest BCUT2D eigenvalue weighted by molar-refractivity contribution is 7.10. The van der Waals surface area contributed by atoms with Crippen LogP contribution in [0.1, 0.15) is 10.4 Å². The van der Waals surface area contributed by atoms with Crippen LogP contribution in [0.15, 0.2) is 47.9 Å². The van der Waals surface area contributed by atoms with Crippen LogP contribution in [0.25, 0.3) is 6.08 Å². The molecule has 98 valence electrons. The van der Waals surface area contributed by atoms with Gasteiger partial charge in [0.2, 0.25) is 0 Å². The molecule has 0 saturated heterocycles. The van der Waals surface area contributed by atoms with E-state index in [1.54, 1.807) is 17.4 Å². The molecule has 0 amide bonds. The fourth-order valence-electron chi connectivity index (χ4n) is 1.78. The van der Waals surface area contributed by atoms with E-state index in [1.807, 2.05) is 36.7 Å². The molecular formula is C15H15NO2S. The molecule has 0 aliphatic rings. The van der Waals surface area contributed by atoms with Gasteiger partial charge >= 0.3 is 5.97 Å². The van der Waals surface area contributed by atoms with Crippen molar-refractivity contribution < 1.29 is 9.90 Å². The second-order valence-corrected chi connectivity index (χ2v) is 5.16. The first-order chi connectivity index (χ1) is 9.16. The van der Waals surface area contributed by atoms with Gasteiger partial charge in [-0.25, -0.2) is 4.79 Å². The molecule has 4 heteroatoms. The minimum atomic E-state index is -0.923. The molecule has 0 unspecified atom stereocenters. The molecule has 2 aromatic rings. The Morgan fingerprint density at radius 3 is 2.74 bits per heavy atom. The standard InChI is InChI=1S/C15H15NO2S/c1-16(13-5-3-2-4-6-13)11-14-12(9-10-19-14)7-8-15(17)18/h2-10H,11H2,1H3,(H,17,18)/b8-7-. The van der Waals surface area contributed by atoms with Crippen LogP contribution in [-0.2, 0) is 11.3 Å². The van der Waals surface area contributed by atoms with Crippen LogP contribution in [0.5, 0.6) is 0 Å². The zero-order valence-corrected chi connectivity index (χ0v) is 11.4. The summed E-state index contributed by atoms with van der Waals surface area (Å²) in [5.41, 5.74) is 2.11. The number of nitrogens with zero attached hydrogens (tertiary/aromatic N) is 1. The van der Waals surface area contributed by atoms with Gasteiger partial charge < -0.3 is 10.0 Å². The molecule has 0 saturated carbocycles. The number of hydrogen-bond donors (Lipinski definition) is 1. The van der Waals surface area contributed by atoms with E-state index in [-0.39, 0.29) is 0 Å². The molecule has 1 heterocycles. The number of carbonyl (C=O) groups is 1. The van der Waals surface area contributed by atoms with Crippen molar-refractivity contribution in [2.75, 3.05) is 11.9 Å². The number of para-hydroxylation sites is 1. The summed E-state index contributed by atoms with van der Waals surface area (Å²) in [7, 11) is 2.03. The van der Waals surface area contributed by atoms with Crippen molar-refractivity contribution in [3.63, 3.8) is 0 Å². The Hall–Kier alpha value is -2.07. The van der Waals surface area contributed by atoms with Crippen molar-refractivity contribution in [2.45, 2.75) is 6.54 Å². The van der Waals surface area contributed by atoms with E-state index in [4.69, 9.17) is 5.11 Å². The average Bonchev–Trinajstić information content (AvgIpc) is 2.84. The molecule has 0 spiro atoms. The maximum absolute atomic E-state index is 10.6. The van der Waals surface area contributed by atoms with E-state index in [9.17, 15) is 4.79 Å². The van der Waals surface area contributed by atoms with Crippen LogP contribution in [0.4, 0.5) is 5.69 Å². The minimum absolute atomic E-state index is 0.765. The van der Waals surface area contributed by atoms with Crippen LogP contribution in [0.2, 0.25) is 0 Å². The van der Waals surface area contributed by atoms with E-state index in [0.717, 1.165) is 22.7 Å². The Bertz CT molecular complexity index is 575. The topological polar surface area (TPSA) is 40.5 Å². The number of rotatable bonds is 5. The fraction of sp³-hybridized carbons (Fsp3) is 0.133. The van der Waals surface area contributed by atoms with Gasteiger partial charge in [0.05, 0.1) is 6.54 Å². The summed E-state index contributed by atoms with van der Waals surface area (Å²) in [4.78, 5) is 13.9. The third kappa shape index (κ3) is 3.69. The molecule has 2 rings (SSSR count). The Morgan fingerprint density at radius 1 is 1.32 bits per heavy atom. The highest BCUT2D eigenvalue weighted by Gasteiger charge is 2.06. The van der Waals surface area contributed by atoms with Crippen LogP contribution in [0.3, 0.4) is 0 Å². The highest BCUT2D eigenvalue weighted by atomic mass is 32.1. The van der Waals surface area contributed by atoms with E-state index < -0.39 is 5.97 Å². The van der Waals surface area contributed by atoms with Crippen LogP contribution >= 0.6 is 11.3 Å². The monoisotopic (exact) mass is 273 g/mol. The first-order valence-electron chi connectivity index (χ1n) is 5.90. The number of hydrogen-bond acceptors (Lipinski definition) is 3. The fourth-order valence-corrected chi connectivity index (χ4v) is 2.70. The number of carboxylic acid groups (broad SMARTS) is 1. The van der Waals surface area contributed by atoms with Gasteiger partial charge in [-0.05, 0) is 35.2 Å². The Kier molecular flexibility index (Phi) is 4.36. The first kappa shape index (κ1) is 13.4. The Morgan fingerprint density at radius 2 is 2.05 bits per heavy atom. The van der Waals surface area contributed by atoms with E-state index in [0.29, 0.717) is 0 Å². The van der Waals surface area contributed by atoms with Crippen LogP contribution < -0.4 is 4.90 Å². The quantitative estimate of drug-likeness (QED) is 0.848. The minimum Gasteiger partial charge on any atom is -0.478 e. The van der Waals surface area contributed by atoms with E-state index in [2.05, 4.69) is 17.0 Å². The van der Waals surface area contributed by atoms with Gasteiger partial charge in [-0.2, -0.15) is 0 Å². The number of thiophene rings is 1. The molecule has 3 nitrogen and oxygen atoms in total. The first-order valence-corrected chi connectivity index (χ1v) is 6.78. The Balaban J connectivity index is 2.12. The molecule has 0 fully saturated rings. The van der Waals surface area contributed by atoms with Crippen molar-refractivity contribution in [3.8, 4) is 0 Å². The smallest absolute Gasteiger partial charge is 0.328 e. The molecule has 1 aromatic heterocycles. The third-order valence-corrected chi connectivity index (χ3v) is 3.68. The lowest BCUT2D eigenvalue weighted by Gasteiger charge is -2.18. The third-order valence-electron chi connectivity index (χ3n) is 2.76. The number of benzene rings is 1. The van der Waals surface area contributed by atoms with Gasteiger partial charge in [0.15, 0.2) is 0 Å². The lowest BCUT2D eigenvalue weighted by Crippen LogP contribution is -2.15. The van der Waals surface area contributed by atoms with Gasteiger partial charge in [-0.15, -0.1) is 11.3 Å². The van der Waals surface area contributed by atoms with Gasteiger partial charge in [0.25, 0.3) is 0 Å². The summed E-state index contributed by atoms with van der Waals surface area (Å²) in [5.74, 6) is -0.923. The molecular weight excluding hydrogens is 258 g/mol. The van der Waals surface area contributed by atoms with Crippen LogP contribution in [-0.4, -0.2) is 18.1 Å². The van der Waals surface area contributed by atoms with Crippen molar-refractivity contribution in [3.05, 3.63) is 58.3 Å². The molecule has 0 aliphatic carbocycles. The van der Waals surface area contributed by atoms with Crippen molar-refractivity contribution in [1.82, 2.24) is 0 Å². The van der Waals surface area contributed by atoms with Crippen molar-refractivity contribution in [1.29, 1.82) is 0 Å². The predicted octanol–water partition coefficient (Wildman–Crippen LogP) is 3.48. The number of aliphatic carboxylic acids is 1. The van der Waals surface area contributed by atoms with Gasteiger partial charge in [0, 0.05) is 23.7 Å². The number of anilines is 1. The predicted molar refractivity (Wildman–Crippen MR) is 79.5 cm³/mol. The lowest BCUT2D eigenvalue weighted by atomic mass is 10.2. The summed E-state index contributed by atoms with van der Waals surface area (Å²) in [6, 6.07) is 12.1. The number of carboxylic acids is 1. The largest absolute Gasteiger partial charge is 0.478 e. The van der Waals surface area contributed by atoms with E-state index >= 15 is 0 Å². The van der Waals surface area contributed by atoms with Gasteiger partial charge in [0.1, 0.15) is 0 Å². The zero-order chi connectivity index (χ0) is 13.7. The van der Waals surface area contributed by atoms with Crippen molar-refractivity contribution in [2.24, 2.45) is 0 Å². The molecule has 1 aromatic carbocycles. The van der Waals surface area contributed by atoms with Gasteiger partial charge in [-0.1, -0.05) is 18.2 Å². The highest BCUT2D eigenvalue weighted by Crippen LogP contribution is 2.22. The SMILES string of the molecule is CN(Cc1sccc1/C=C\C(=O)O)c1ccccc1. The maximum Gasteiger partial charge on any atom is 0.328 e. The summed E-state index contributed by atoms with van der Waals surface area (Å²) in [5, 5.41) is 10.7. The van der Waals surface area contributed by atoms with E-state index in [1.165, 1.54) is 6.08 Å². The molecule has 0 aliphatic heterocycles. The summed E-state index contributed by atoms with van der Waals surface area (Å²) in [6.45, 7) is 0.765. The molecule has 0 atom stereocenters. The summed E-state index contributed by atoms with van der Waals surface area (Å²) in [6.07, 6.45) is 2.82. The molecule has 1 N–H and O–H groups in total. The lowest BCUT2D eigenvalue weighted by molar-refractivity contribution is -0.131.